The van der Waals surface area contributed by atoms with Crippen molar-refractivity contribution in [2.75, 3.05) is 0 Å². The normalized spacial score (nSPS) is 11.6. The summed E-state index contributed by atoms with van der Waals surface area (Å²) in [7, 11) is -24.0. The van der Waals surface area contributed by atoms with E-state index in [0.717, 1.165) is 19.5 Å². The maximum absolute atomic E-state index is 9.75. The van der Waals surface area contributed by atoms with Crippen LogP contribution in [0.1, 0.15) is 56.2 Å². The average molecular weight is 1030 g/mol. The molecule has 0 saturated carbocycles. The Morgan fingerprint density at radius 3 is 0.861 bits per heavy atom. The highest BCUT2D eigenvalue weighted by Gasteiger charge is 2.24. The summed E-state index contributed by atoms with van der Waals surface area (Å²) in [5, 5.41) is 0. The standard InChI is InChI=1S/C48H50N4.4BF4/c1-37(2)45-14-8-10-16-47(45)51-30-22-43(23-31-51)41-18-26-49(27-19-41)35-40(34-39-12-6-5-7-13-39)36-50-28-20-42(21-29-50)44-24-32-52(33-25-44)48-17-11-9-15-46(48)38(3)4;4*2-1(3,4)5/h5-33,37-38,40H,34-36H2,1-4H3;;;;/q+4;4*-1. The number of benzene rings is 3. The van der Waals surface area contributed by atoms with E-state index in [-0.39, 0.29) is 0 Å². The van der Waals surface area contributed by atoms with Crippen molar-refractivity contribution < 1.29 is 87.3 Å². The molecule has 0 amide bonds. The van der Waals surface area contributed by atoms with Crippen molar-refractivity contribution >= 4 is 29.0 Å². The minimum Gasteiger partial charge on any atom is -0.418 e. The van der Waals surface area contributed by atoms with Crippen LogP contribution in [0.15, 0.2) is 177 Å². The first kappa shape index (κ1) is 59.7. The molecule has 0 aliphatic heterocycles. The van der Waals surface area contributed by atoms with Gasteiger partial charge in [0, 0.05) is 71.8 Å². The second-order valence-electron chi connectivity index (χ2n) is 16.5. The molecule has 0 aliphatic rings. The smallest absolute Gasteiger partial charge is 0.418 e. The number of rotatable bonds is 12. The fourth-order valence-electron chi connectivity index (χ4n) is 7.25. The lowest BCUT2D eigenvalue weighted by atomic mass is 9.98. The Morgan fingerprint density at radius 1 is 0.333 bits per heavy atom. The zero-order valence-corrected chi connectivity index (χ0v) is 39.2. The van der Waals surface area contributed by atoms with Gasteiger partial charge in [-0.2, -0.15) is 9.13 Å². The van der Waals surface area contributed by atoms with Crippen LogP contribution in [0.4, 0.5) is 69.1 Å². The highest BCUT2D eigenvalue weighted by Crippen LogP contribution is 2.23. The van der Waals surface area contributed by atoms with E-state index in [1.165, 1.54) is 50.3 Å². The van der Waals surface area contributed by atoms with Gasteiger partial charge in [-0.05, 0) is 46.1 Å². The zero-order valence-electron chi connectivity index (χ0n) is 39.2. The van der Waals surface area contributed by atoms with Crippen molar-refractivity contribution in [1.29, 1.82) is 0 Å². The first-order valence-corrected chi connectivity index (χ1v) is 22.1. The minimum absolute atomic E-state index is 0.419. The molecule has 4 nitrogen and oxygen atoms in total. The summed E-state index contributed by atoms with van der Waals surface area (Å²) in [6.07, 6.45) is 18.7. The van der Waals surface area contributed by atoms with E-state index in [0.29, 0.717) is 17.8 Å². The number of hydrogen-bond donors (Lipinski definition) is 0. The van der Waals surface area contributed by atoms with E-state index in [9.17, 15) is 69.1 Å². The fraction of sp³-hybridized carbons (Fsp3) is 0.208. The van der Waals surface area contributed by atoms with Gasteiger partial charge in [0.1, 0.15) is 0 Å². The van der Waals surface area contributed by atoms with E-state index in [4.69, 9.17) is 0 Å². The predicted molar refractivity (Wildman–Crippen MR) is 250 cm³/mol. The number of hydrogen-bond acceptors (Lipinski definition) is 0. The molecule has 72 heavy (non-hydrogen) atoms. The molecule has 24 heteroatoms. The maximum Gasteiger partial charge on any atom is 0.673 e. The average Bonchev–Trinajstić information content (AvgIpc) is 3.28. The molecule has 0 unspecified atom stereocenters. The summed E-state index contributed by atoms with van der Waals surface area (Å²) in [4.78, 5) is 0. The van der Waals surface area contributed by atoms with Crippen molar-refractivity contribution in [3.63, 3.8) is 0 Å². The van der Waals surface area contributed by atoms with Gasteiger partial charge in [-0.25, -0.2) is 9.13 Å². The van der Waals surface area contributed by atoms with Gasteiger partial charge < -0.3 is 69.1 Å². The minimum atomic E-state index is -6.00. The molecule has 7 aromatic rings. The topological polar surface area (TPSA) is 15.5 Å². The first-order valence-electron chi connectivity index (χ1n) is 22.1. The summed E-state index contributed by atoms with van der Waals surface area (Å²) in [6.45, 7) is 10.9. The molecule has 0 fully saturated rings. The fourth-order valence-corrected chi connectivity index (χ4v) is 7.25. The third-order valence-electron chi connectivity index (χ3n) is 10.1. The van der Waals surface area contributed by atoms with Crippen LogP contribution in [0.5, 0.6) is 0 Å². The van der Waals surface area contributed by atoms with Crippen molar-refractivity contribution in [2.24, 2.45) is 5.92 Å². The van der Waals surface area contributed by atoms with Crippen LogP contribution in [-0.4, -0.2) is 29.0 Å². The van der Waals surface area contributed by atoms with Crippen LogP contribution in [0.3, 0.4) is 0 Å². The van der Waals surface area contributed by atoms with Crippen LogP contribution in [0.2, 0.25) is 0 Å². The van der Waals surface area contributed by atoms with E-state index < -0.39 is 29.0 Å². The summed E-state index contributed by atoms with van der Waals surface area (Å²) in [5.74, 6) is 1.36. The molecule has 0 spiro atoms. The molecule has 4 heterocycles. The number of aromatic nitrogens is 4. The van der Waals surface area contributed by atoms with Crippen molar-refractivity contribution in [1.82, 2.24) is 0 Å². The Labute approximate surface area is 407 Å². The van der Waals surface area contributed by atoms with Gasteiger partial charge in [0.15, 0.2) is 62.7 Å². The van der Waals surface area contributed by atoms with Gasteiger partial charge >= 0.3 is 29.0 Å². The Hall–Kier alpha value is -6.60. The van der Waals surface area contributed by atoms with E-state index in [2.05, 4.69) is 223 Å². The Bertz CT molecular complexity index is 2440. The molecule has 0 radical (unpaired) electrons. The highest BCUT2D eigenvalue weighted by molar-refractivity contribution is 6.51. The second kappa shape index (κ2) is 27.3. The predicted octanol–water partition coefficient (Wildman–Crippen LogP) is 14.2. The van der Waals surface area contributed by atoms with Gasteiger partial charge in [0.25, 0.3) is 0 Å². The van der Waals surface area contributed by atoms with Gasteiger partial charge in [-0.1, -0.05) is 94.4 Å². The van der Waals surface area contributed by atoms with E-state index in [1.54, 1.807) is 0 Å². The van der Waals surface area contributed by atoms with Crippen LogP contribution in [0, 0.1) is 5.92 Å². The second-order valence-corrected chi connectivity index (χ2v) is 16.5. The number of para-hydroxylation sites is 2. The molecule has 386 valence electrons. The molecule has 4 aromatic heterocycles. The van der Waals surface area contributed by atoms with Crippen LogP contribution in [-0.2, 0) is 19.5 Å². The van der Waals surface area contributed by atoms with E-state index >= 15 is 0 Å². The quantitative estimate of drug-likeness (QED) is 0.0658. The van der Waals surface area contributed by atoms with Gasteiger partial charge in [-0.15, -0.1) is 0 Å². The molecule has 7 rings (SSSR count). The van der Waals surface area contributed by atoms with Gasteiger partial charge in [0.05, 0.1) is 5.92 Å². The lowest BCUT2D eigenvalue weighted by molar-refractivity contribution is -0.737. The zero-order chi connectivity index (χ0) is 53.9. The summed E-state index contributed by atoms with van der Waals surface area (Å²) in [5.41, 5.74) is 11.4. The third-order valence-corrected chi connectivity index (χ3v) is 10.1. The molecular formula is C48H50B4F16N4. The van der Waals surface area contributed by atoms with Crippen molar-refractivity contribution in [3.05, 3.63) is 194 Å². The summed E-state index contributed by atoms with van der Waals surface area (Å²) in [6, 6.07) is 46.1. The van der Waals surface area contributed by atoms with Crippen molar-refractivity contribution in [3.8, 4) is 33.6 Å². The number of nitrogens with zero attached hydrogens (tertiary/aromatic N) is 4. The highest BCUT2D eigenvalue weighted by atomic mass is 19.5. The van der Waals surface area contributed by atoms with Gasteiger partial charge in [0.2, 0.25) is 11.4 Å². The Kier molecular flexibility index (Phi) is 22.6. The Balaban J connectivity index is 0.000000581. The number of halogens is 16. The number of pyridine rings is 4. The monoisotopic (exact) mass is 1030 g/mol. The van der Waals surface area contributed by atoms with E-state index in [1.807, 2.05) is 0 Å². The van der Waals surface area contributed by atoms with Crippen LogP contribution in [0.25, 0.3) is 33.6 Å². The van der Waals surface area contributed by atoms with Crippen LogP contribution < -0.4 is 18.3 Å². The van der Waals surface area contributed by atoms with Gasteiger partial charge in [-0.3, -0.25) is 0 Å². The largest absolute Gasteiger partial charge is 0.673 e. The van der Waals surface area contributed by atoms with Crippen LogP contribution >= 0.6 is 0 Å². The summed E-state index contributed by atoms with van der Waals surface area (Å²) >= 11 is 0. The first-order chi connectivity index (χ1) is 33.4. The molecule has 0 atom stereocenters. The summed E-state index contributed by atoms with van der Waals surface area (Å²) < 4.78 is 165. The molecule has 0 N–H and O–H groups in total. The maximum atomic E-state index is 9.75. The molecular weight excluding hydrogens is 980 g/mol. The SMILES string of the molecule is CC(C)c1ccccc1-[n+]1ccc(-c2cc[n+](CC(Cc3ccccc3)C[n+]3ccc(-c4cc[n+](-c5ccccc5C(C)C)cc4)cc3)cc2)cc1.F[B-](F)(F)F.F[B-](F)(F)F.F[B-](F)(F)F.F[B-](F)(F)F. The van der Waals surface area contributed by atoms with Crippen molar-refractivity contribution in [2.45, 2.75) is 59.0 Å². The molecule has 0 bridgehead atoms. The molecule has 3 aromatic carbocycles. The third kappa shape index (κ3) is 25.0. The molecule has 0 saturated heterocycles. The lowest BCUT2D eigenvalue weighted by Crippen LogP contribution is -2.44. The molecule has 0 aliphatic carbocycles. The lowest BCUT2D eigenvalue weighted by Gasteiger charge is -2.12. The Morgan fingerprint density at radius 2 is 0.583 bits per heavy atom.